The summed E-state index contributed by atoms with van der Waals surface area (Å²) in [6.07, 6.45) is 0. The molecule has 3 nitrogen and oxygen atoms in total. The smallest absolute Gasteiger partial charge is 0.238 e. The second-order valence-corrected chi connectivity index (χ2v) is 4.24. The summed E-state index contributed by atoms with van der Waals surface area (Å²) in [4.78, 5) is 13.1. The average Bonchev–Trinajstić information content (AvgIpc) is 2.10. The number of nitrogens with zero attached hydrogens (tertiary/aromatic N) is 1. The Morgan fingerprint density at radius 2 is 2.20 bits per heavy atom. The van der Waals surface area contributed by atoms with Crippen LogP contribution < -0.4 is 5.32 Å². The van der Waals surface area contributed by atoms with Crippen LogP contribution in [0.3, 0.4) is 0 Å². The summed E-state index contributed by atoms with van der Waals surface area (Å²) < 4.78 is 13.8. The molecule has 15 heavy (non-hydrogen) atoms. The summed E-state index contributed by atoms with van der Waals surface area (Å²) in [5.74, 6) is -0.692. The minimum atomic E-state index is -0.448. The quantitative estimate of drug-likeness (QED) is 0.916. The van der Waals surface area contributed by atoms with Crippen molar-refractivity contribution in [1.82, 2.24) is 4.90 Å². The fourth-order valence-electron chi connectivity index (χ4n) is 1.08. The van der Waals surface area contributed by atoms with Crippen LogP contribution in [-0.4, -0.2) is 31.4 Å². The predicted octanol–water partition coefficient (Wildman–Crippen LogP) is 2.09. The largest absolute Gasteiger partial charge is 0.322 e. The number of anilines is 1. The standard InChI is InChI=1S/C10H12BrFN2O/c1-14(2)6-9(15)13-10-7(11)4-3-5-8(10)12/h3-5H,6H2,1-2H3,(H,13,15). The van der Waals surface area contributed by atoms with E-state index in [1.807, 2.05) is 0 Å². The number of benzene rings is 1. The molecule has 0 atom stereocenters. The first-order chi connectivity index (χ1) is 7.00. The number of para-hydroxylation sites is 1. The summed E-state index contributed by atoms with van der Waals surface area (Å²) in [6.45, 7) is 0.223. The maximum absolute atomic E-state index is 13.3. The summed E-state index contributed by atoms with van der Waals surface area (Å²) in [7, 11) is 3.55. The van der Waals surface area contributed by atoms with Crippen LogP contribution in [0.15, 0.2) is 22.7 Å². The highest BCUT2D eigenvalue weighted by Crippen LogP contribution is 2.24. The van der Waals surface area contributed by atoms with Crippen molar-refractivity contribution in [2.45, 2.75) is 0 Å². The molecule has 1 N–H and O–H groups in total. The maximum atomic E-state index is 13.3. The molecule has 1 aromatic carbocycles. The summed E-state index contributed by atoms with van der Waals surface area (Å²) in [5, 5.41) is 2.51. The van der Waals surface area contributed by atoms with Gasteiger partial charge in [-0.3, -0.25) is 4.79 Å². The molecular formula is C10H12BrFN2O. The molecule has 0 radical (unpaired) electrons. The van der Waals surface area contributed by atoms with E-state index in [1.165, 1.54) is 6.07 Å². The van der Waals surface area contributed by atoms with E-state index < -0.39 is 5.82 Å². The van der Waals surface area contributed by atoms with Gasteiger partial charge in [-0.15, -0.1) is 0 Å². The maximum Gasteiger partial charge on any atom is 0.238 e. The van der Waals surface area contributed by atoms with E-state index in [9.17, 15) is 9.18 Å². The van der Waals surface area contributed by atoms with Gasteiger partial charge in [0, 0.05) is 4.47 Å². The predicted molar refractivity (Wildman–Crippen MR) is 61.3 cm³/mol. The molecule has 0 heterocycles. The molecule has 0 saturated carbocycles. The van der Waals surface area contributed by atoms with Crippen molar-refractivity contribution >= 4 is 27.5 Å². The lowest BCUT2D eigenvalue weighted by Gasteiger charge is -2.11. The van der Waals surface area contributed by atoms with Crippen LogP contribution >= 0.6 is 15.9 Å². The molecule has 82 valence electrons. The van der Waals surface area contributed by atoms with Gasteiger partial charge >= 0.3 is 0 Å². The highest BCUT2D eigenvalue weighted by Gasteiger charge is 2.10. The van der Waals surface area contributed by atoms with Gasteiger partial charge in [0.1, 0.15) is 5.82 Å². The van der Waals surface area contributed by atoms with E-state index in [1.54, 1.807) is 31.1 Å². The zero-order valence-corrected chi connectivity index (χ0v) is 10.1. The lowest BCUT2D eigenvalue weighted by Crippen LogP contribution is -2.27. The molecule has 1 aromatic rings. The molecule has 0 fully saturated rings. The molecule has 0 aliphatic carbocycles. The molecule has 0 aliphatic heterocycles. The van der Waals surface area contributed by atoms with Crippen LogP contribution in [0.25, 0.3) is 0 Å². The Hall–Kier alpha value is -0.940. The Kier molecular flexibility index (Phi) is 4.23. The Balaban J connectivity index is 2.76. The first-order valence-electron chi connectivity index (χ1n) is 4.39. The van der Waals surface area contributed by atoms with Gasteiger partial charge in [-0.05, 0) is 42.2 Å². The molecule has 5 heteroatoms. The van der Waals surface area contributed by atoms with Crippen molar-refractivity contribution < 1.29 is 9.18 Å². The van der Waals surface area contributed by atoms with Gasteiger partial charge in [0.15, 0.2) is 0 Å². The van der Waals surface area contributed by atoms with Gasteiger partial charge in [-0.25, -0.2) is 4.39 Å². The average molecular weight is 275 g/mol. The van der Waals surface area contributed by atoms with Gasteiger partial charge in [-0.2, -0.15) is 0 Å². The topological polar surface area (TPSA) is 32.3 Å². The number of halogens is 2. The molecule has 0 aromatic heterocycles. The number of hydrogen-bond donors (Lipinski definition) is 1. The van der Waals surface area contributed by atoms with Crippen LogP contribution in [0.4, 0.5) is 10.1 Å². The number of amides is 1. The highest BCUT2D eigenvalue weighted by atomic mass is 79.9. The molecule has 0 spiro atoms. The number of carbonyl (C=O) groups excluding carboxylic acids is 1. The molecule has 1 rings (SSSR count). The Morgan fingerprint density at radius 1 is 1.53 bits per heavy atom. The first-order valence-corrected chi connectivity index (χ1v) is 5.18. The lowest BCUT2D eigenvalue weighted by molar-refractivity contribution is -0.116. The Morgan fingerprint density at radius 3 is 2.73 bits per heavy atom. The van der Waals surface area contributed by atoms with Crippen molar-refractivity contribution in [3.8, 4) is 0 Å². The first kappa shape index (κ1) is 12.1. The van der Waals surface area contributed by atoms with Crippen molar-refractivity contribution in [1.29, 1.82) is 0 Å². The summed E-state index contributed by atoms with van der Waals surface area (Å²) >= 11 is 3.17. The molecule has 0 bridgehead atoms. The zero-order valence-electron chi connectivity index (χ0n) is 8.55. The van der Waals surface area contributed by atoms with Crippen LogP contribution in [0, 0.1) is 5.82 Å². The van der Waals surface area contributed by atoms with Crippen LogP contribution in [0.2, 0.25) is 0 Å². The van der Waals surface area contributed by atoms with Crippen molar-refractivity contribution in [2.75, 3.05) is 26.0 Å². The van der Waals surface area contributed by atoms with Crippen LogP contribution in [0.1, 0.15) is 0 Å². The van der Waals surface area contributed by atoms with E-state index in [4.69, 9.17) is 0 Å². The fraction of sp³-hybridized carbons (Fsp3) is 0.300. The SMILES string of the molecule is CN(C)CC(=O)Nc1c(F)cccc1Br. The van der Waals surface area contributed by atoms with E-state index >= 15 is 0 Å². The van der Waals surface area contributed by atoms with Crippen LogP contribution in [-0.2, 0) is 4.79 Å². The number of carbonyl (C=O) groups is 1. The third-order valence-corrected chi connectivity index (χ3v) is 2.35. The number of hydrogen-bond acceptors (Lipinski definition) is 2. The number of likely N-dealkylation sites (N-methyl/N-ethyl adjacent to an activating group) is 1. The van der Waals surface area contributed by atoms with E-state index in [-0.39, 0.29) is 18.1 Å². The third-order valence-electron chi connectivity index (χ3n) is 1.69. The van der Waals surface area contributed by atoms with Gasteiger partial charge in [0.25, 0.3) is 0 Å². The van der Waals surface area contributed by atoms with E-state index in [2.05, 4.69) is 21.2 Å². The van der Waals surface area contributed by atoms with Crippen LogP contribution in [0.5, 0.6) is 0 Å². The molecular weight excluding hydrogens is 263 g/mol. The zero-order chi connectivity index (χ0) is 11.4. The van der Waals surface area contributed by atoms with Gasteiger partial charge in [-0.1, -0.05) is 6.07 Å². The van der Waals surface area contributed by atoms with Crippen molar-refractivity contribution in [3.05, 3.63) is 28.5 Å². The monoisotopic (exact) mass is 274 g/mol. The summed E-state index contributed by atoms with van der Waals surface area (Å²) in [6, 6.07) is 4.55. The second-order valence-electron chi connectivity index (χ2n) is 3.38. The van der Waals surface area contributed by atoms with E-state index in [0.717, 1.165) is 0 Å². The van der Waals surface area contributed by atoms with Crippen molar-refractivity contribution in [2.24, 2.45) is 0 Å². The Bertz CT molecular complexity index is 348. The third kappa shape index (κ3) is 3.60. The van der Waals surface area contributed by atoms with E-state index in [0.29, 0.717) is 4.47 Å². The Labute approximate surface area is 96.4 Å². The van der Waals surface area contributed by atoms with Gasteiger partial charge in [0.05, 0.1) is 12.2 Å². The fourth-order valence-corrected chi connectivity index (χ4v) is 1.52. The minimum Gasteiger partial charge on any atom is -0.322 e. The minimum absolute atomic E-state index is 0.185. The number of nitrogens with one attached hydrogen (secondary N) is 1. The normalized spacial score (nSPS) is 10.5. The summed E-state index contributed by atoms with van der Waals surface area (Å²) in [5.41, 5.74) is 0.185. The number of rotatable bonds is 3. The molecule has 0 saturated heterocycles. The lowest BCUT2D eigenvalue weighted by atomic mass is 10.3. The van der Waals surface area contributed by atoms with Gasteiger partial charge < -0.3 is 10.2 Å². The molecule has 0 aliphatic rings. The highest BCUT2D eigenvalue weighted by molar-refractivity contribution is 9.10. The van der Waals surface area contributed by atoms with Crippen molar-refractivity contribution in [3.63, 3.8) is 0 Å². The van der Waals surface area contributed by atoms with Gasteiger partial charge in [0.2, 0.25) is 5.91 Å². The molecule has 0 unspecified atom stereocenters. The molecule has 1 amide bonds. The second kappa shape index (κ2) is 5.23.